The molecule has 9 nitrogen and oxygen atoms in total. The van der Waals surface area contributed by atoms with Crippen LogP contribution in [-0.2, 0) is 14.8 Å². The molecule has 1 aliphatic heterocycles. The summed E-state index contributed by atoms with van der Waals surface area (Å²) in [5.74, 6) is -0.264. The quantitative estimate of drug-likeness (QED) is 0.518. The van der Waals surface area contributed by atoms with Crippen LogP contribution in [0.3, 0.4) is 0 Å². The normalized spacial score (nSPS) is 14.2. The third-order valence-corrected chi connectivity index (χ3v) is 7.39. The first kappa shape index (κ1) is 25.1. The number of hydrogen-bond donors (Lipinski definition) is 3. The maximum Gasteiger partial charge on any atom is 0.257 e. The first-order valence-electron chi connectivity index (χ1n) is 10.8. The van der Waals surface area contributed by atoms with E-state index < -0.39 is 15.9 Å². The zero-order valence-electron chi connectivity index (χ0n) is 19.0. The maximum absolute atomic E-state index is 13.1. The monoisotopic (exact) mass is 496 g/mol. The van der Waals surface area contributed by atoms with Crippen LogP contribution in [-0.4, -0.2) is 56.9 Å². The molecule has 2 aromatic rings. The van der Waals surface area contributed by atoms with Gasteiger partial charge in [0.05, 0.1) is 18.4 Å². The number of carbonyl (C=O) groups is 2. The Morgan fingerprint density at radius 1 is 1.15 bits per heavy atom. The van der Waals surface area contributed by atoms with Crippen molar-refractivity contribution in [2.24, 2.45) is 0 Å². The minimum Gasteiger partial charge on any atom is -0.495 e. The summed E-state index contributed by atoms with van der Waals surface area (Å²) in [4.78, 5) is 30.1. The Hall–Kier alpha value is -2.56. The van der Waals surface area contributed by atoms with Gasteiger partial charge in [-0.3, -0.25) is 9.59 Å². The Labute approximate surface area is 198 Å². The predicted octanol–water partition coefficient (Wildman–Crippen LogP) is 3.23. The summed E-state index contributed by atoms with van der Waals surface area (Å²) in [5.41, 5.74) is 1.45. The van der Waals surface area contributed by atoms with E-state index in [9.17, 15) is 18.0 Å². The lowest BCUT2D eigenvalue weighted by atomic mass is 10.1. The zero-order chi connectivity index (χ0) is 24.2. The van der Waals surface area contributed by atoms with Crippen molar-refractivity contribution in [3.8, 4) is 5.75 Å². The first-order chi connectivity index (χ1) is 15.6. The number of hydrogen-bond acceptors (Lipinski definition) is 5. The van der Waals surface area contributed by atoms with Crippen molar-refractivity contribution in [2.75, 3.05) is 32.1 Å². The van der Waals surface area contributed by atoms with Crippen LogP contribution in [0.2, 0.25) is 5.02 Å². The molecular formula is C22H29ClN4O5S. The van der Waals surface area contributed by atoms with Gasteiger partial charge in [-0.15, -0.1) is 0 Å². The summed E-state index contributed by atoms with van der Waals surface area (Å²) in [5, 5.41) is 3.09. The average Bonchev–Trinajstić information content (AvgIpc) is 3.08. The number of amides is 2. The SMILES string of the molecule is COc1ccc(Cl)cc1NC(=O)CCNS(=O)(=O)c1c(C)[nH]c(C)c1C(=O)N1CCCCC1. The molecule has 0 unspecified atom stereocenters. The molecule has 1 saturated heterocycles. The Morgan fingerprint density at radius 2 is 1.85 bits per heavy atom. The molecule has 2 heterocycles. The van der Waals surface area contributed by atoms with Gasteiger partial charge in [-0.25, -0.2) is 13.1 Å². The Kier molecular flexibility index (Phi) is 8.04. The number of halogens is 1. The van der Waals surface area contributed by atoms with Gasteiger partial charge < -0.3 is 19.9 Å². The Balaban J connectivity index is 1.69. The third-order valence-electron chi connectivity index (χ3n) is 5.52. The van der Waals surface area contributed by atoms with Gasteiger partial charge >= 0.3 is 0 Å². The zero-order valence-corrected chi connectivity index (χ0v) is 20.5. The molecule has 0 spiro atoms. The summed E-state index contributed by atoms with van der Waals surface area (Å²) in [6.45, 7) is 4.39. The molecule has 0 radical (unpaired) electrons. The van der Waals surface area contributed by atoms with Crippen molar-refractivity contribution in [3.63, 3.8) is 0 Å². The molecule has 1 fully saturated rings. The molecule has 2 amide bonds. The molecule has 1 aromatic carbocycles. The number of ether oxygens (including phenoxy) is 1. The van der Waals surface area contributed by atoms with E-state index in [1.807, 2.05) is 0 Å². The van der Waals surface area contributed by atoms with Crippen molar-refractivity contribution in [1.29, 1.82) is 0 Å². The van der Waals surface area contributed by atoms with E-state index >= 15 is 0 Å². The highest BCUT2D eigenvalue weighted by Crippen LogP contribution is 2.28. The molecule has 3 rings (SSSR count). The van der Waals surface area contributed by atoms with E-state index in [0.717, 1.165) is 19.3 Å². The summed E-state index contributed by atoms with van der Waals surface area (Å²) in [6, 6.07) is 4.81. The minimum absolute atomic E-state index is 0.0625. The Morgan fingerprint density at radius 3 is 2.52 bits per heavy atom. The predicted molar refractivity (Wildman–Crippen MR) is 126 cm³/mol. The first-order valence-corrected chi connectivity index (χ1v) is 12.6. The lowest BCUT2D eigenvalue weighted by Crippen LogP contribution is -2.37. The van der Waals surface area contributed by atoms with E-state index in [4.69, 9.17) is 16.3 Å². The lowest BCUT2D eigenvalue weighted by Gasteiger charge is -2.27. The van der Waals surface area contributed by atoms with Gasteiger partial charge in [0.2, 0.25) is 15.9 Å². The number of piperidine rings is 1. The van der Waals surface area contributed by atoms with Crippen LogP contribution in [0.5, 0.6) is 5.75 Å². The van der Waals surface area contributed by atoms with E-state index in [0.29, 0.717) is 40.9 Å². The van der Waals surface area contributed by atoms with E-state index in [1.165, 1.54) is 7.11 Å². The minimum atomic E-state index is -4.03. The second-order valence-corrected chi connectivity index (χ2v) is 10.1. The molecule has 11 heteroatoms. The third kappa shape index (κ3) is 5.87. The van der Waals surface area contributed by atoms with Gasteiger partial charge in [-0.05, 0) is 51.3 Å². The highest BCUT2D eigenvalue weighted by molar-refractivity contribution is 7.89. The number of sulfonamides is 1. The van der Waals surface area contributed by atoms with Crippen LogP contribution in [0.25, 0.3) is 0 Å². The van der Waals surface area contributed by atoms with Crippen LogP contribution >= 0.6 is 11.6 Å². The highest BCUT2D eigenvalue weighted by Gasteiger charge is 2.31. The fraction of sp³-hybridized carbons (Fsp3) is 0.455. The molecule has 0 bridgehead atoms. The van der Waals surface area contributed by atoms with E-state index in [1.54, 1.807) is 36.9 Å². The second-order valence-electron chi connectivity index (χ2n) is 7.97. The van der Waals surface area contributed by atoms with Crippen molar-refractivity contribution < 1.29 is 22.7 Å². The second kappa shape index (κ2) is 10.6. The van der Waals surface area contributed by atoms with Crippen molar-refractivity contribution >= 4 is 39.1 Å². The van der Waals surface area contributed by atoms with Crippen LogP contribution in [0, 0.1) is 13.8 Å². The number of carbonyl (C=O) groups excluding carboxylic acids is 2. The molecule has 0 saturated carbocycles. The van der Waals surface area contributed by atoms with E-state index in [2.05, 4.69) is 15.0 Å². The number of anilines is 1. The number of likely N-dealkylation sites (tertiary alicyclic amines) is 1. The maximum atomic E-state index is 13.1. The van der Waals surface area contributed by atoms with Crippen LogP contribution in [0.15, 0.2) is 23.1 Å². The number of nitrogens with zero attached hydrogens (tertiary/aromatic N) is 1. The molecule has 180 valence electrons. The molecule has 0 atom stereocenters. The Bertz CT molecular complexity index is 1140. The number of aromatic amines is 1. The highest BCUT2D eigenvalue weighted by atomic mass is 35.5. The van der Waals surface area contributed by atoms with Gasteiger partial charge in [0.1, 0.15) is 10.6 Å². The van der Waals surface area contributed by atoms with Crippen molar-refractivity contribution in [3.05, 3.63) is 40.2 Å². The van der Waals surface area contributed by atoms with Gasteiger partial charge in [0.15, 0.2) is 0 Å². The van der Waals surface area contributed by atoms with Gasteiger partial charge in [0.25, 0.3) is 5.91 Å². The molecule has 0 aliphatic carbocycles. The molecule has 33 heavy (non-hydrogen) atoms. The summed E-state index contributed by atoms with van der Waals surface area (Å²) < 4.78 is 33.8. The number of benzene rings is 1. The van der Waals surface area contributed by atoms with Crippen LogP contribution < -0.4 is 14.8 Å². The largest absolute Gasteiger partial charge is 0.495 e. The van der Waals surface area contributed by atoms with Crippen molar-refractivity contribution in [1.82, 2.24) is 14.6 Å². The number of rotatable bonds is 8. The van der Waals surface area contributed by atoms with Crippen molar-refractivity contribution in [2.45, 2.75) is 44.4 Å². The van der Waals surface area contributed by atoms with Gasteiger partial charge in [0, 0.05) is 42.5 Å². The molecular weight excluding hydrogens is 468 g/mol. The van der Waals surface area contributed by atoms with Crippen LogP contribution in [0.4, 0.5) is 5.69 Å². The topological polar surface area (TPSA) is 121 Å². The fourth-order valence-corrected chi connectivity index (χ4v) is 5.62. The van der Waals surface area contributed by atoms with Gasteiger partial charge in [-0.2, -0.15) is 0 Å². The molecule has 1 aliphatic rings. The lowest BCUT2D eigenvalue weighted by molar-refractivity contribution is -0.116. The summed E-state index contributed by atoms with van der Waals surface area (Å²) in [7, 11) is -2.56. The fourth-order valence-electron chi connectivity index (χ4n) is 3.97. The smallest absolute Gasteiger partial charge is 0.257 e. The van der Waals surface area contributed by atoms with E-state index in [-0.39, 0.29) is 29.3 Å². The number of aromatic nitrogens is 1. The molecule has 3 N–H and O–H groups in total. The number of H-pyrrole nitrogens is 1. The summed E-state index contributed by atoms with van der Waals surface area (Å²) in [6.07, 6.45) is 2.75. The summed E-state index contributed by atoms with van der Waals surface area (Å²) >= 11 is 5.97. The van der Waals surface area contributed by atoms with Gasteiger partial charge in [-0.1, -0.05) is 11.6 Å². The number of nitrogens with one attached hydrogen (secondary N) is 3. The standard InChI is InChI=1S/C22H29ClN4O5S/c1-14-20(22(29)27-11-5-4-6-12-27)21(15(2)25-14)33(30,31)24-10-9-19(28)26-17-13-16(23)7-8-18(17)32-3/h7-8,13,24-25H,4-6,9-12H2,1-3H3,(H,26,28). The number of methoxy groups -OCH3 is 1. The average molecular weight is 497 g/mol. The number of aryl methyl sites for hydroxylation is 2. The molecule has 1 aromatic heterocycles. The van der Waals surface area contributed by atoms with Crippen LogP contribution in [0.1, 0.15) is 47.4 Å².